The summed E-state index contributed by atoms with van der Waals surface area (Å²) in [4.78, 5) is 16.6. The van der Waals surface area contributed by atoms with E-state index in [2.05, 4.69) is 10.3 Å². The number of carbonyl (C=O) groups excluding carboxylic acids is 1. The Balaban J connectivity index is 1.58. The van der Waals surface area contributed by atoms with E-state index in [1.54, 1.807) is 34.8 Å². The number of amides is 1. The van der Waals surface area contributed by atoms with Crippen molar-refractivity contribution in [1.82, 2.24) is 9.29 Å². The predicted molar refractivity (Wildman–Crippen MR) is 110 cm³/mol. The van der Waals surface area contributed by atoms with Gasteiger partial charge < -0.3 is 5.32 Å². The molecule has 0 bridgehead atoms. The number of hydrogen-bond donors (Lipinski definition) is 1. The van der Waals surface area contributed by atoms with Crippen LogP contribution in [0.25, 0.3) is 0 Å². The number of hydrogen-bond acceptors (Lipinski definition) is 4. The molecule has 7 heteroatoms. The minimum atomic E-state index is -3.43. The van der Waals surface area contributed by atoms with Gasteiger partial charge in [0.1, 0.15) is 5.82 Å². The number of rotatable bonds is 6. The van der Waals surface area contributed by atoms with Crippen molar-refractivity contribution in [2.75, 3.05) is 18.4 Å². The quantitative estimate of drug-likeness (QED) is 0.803. The van der Waals surface area contributed by atoms with Crippen molar-refractivity contribution < 1.29 is 13.2 Å². The van der Waals surface area contributed by atoms with E-state index in [-0.39, 0.29) is 5.91 Å². The molecule has 0 radical (unpaired) electrons. The molecule has 3 rings (SSSR count). The molecule has 1 aromatic heterocycles. The summed E-state index contributed by atoms with van der Waals surface area (Å²) < 4.78 is 27.2. The fourth-order valence-corrected chi connectivity index (χ4v) is 4.85. The normalized spacial score (nSPS) is 15.8. The van der Waals surface area contributed by atoms with Gasteiger partial charge in [0.05, 0.1) is 4.90 Å². The average molecular weight is 402 g/mol. The van der Waals surface area contributed by atoms with Gasteiger partial charge in [-0.05, 0) is 55.5 Å². The van der Waals surface area contributed by atoms with Gasteiger partial charge in [0.15, 0.2) is 0 Å². The molecule has 0 unspecified atom stereocenters. The van der Waals surface area contributed by atoms with Gasteiger partial charge in [0.2, 0.25) is 15.9 Å². The fraction of sp³-hybridized carbons (Fsp3) is 0.429. The van der Waals surface area contributed by atoms with Crippen molar-refractivity contribution in [2.45, 2.75) is 50.3 Å². The SMILES string of the molecule is Cc1cccnc1NC(=O)CCc1ccc(S(=O)(=O)N2CCCCCC2)cc1. The summed E-state index contributed by atoms with van der Waals surface area (Å²) in [6.45, 7) is 3.08. The number of carbonyl (C=O) groups is 1. The second-order valence-electron chi connectivity index (χ2n) is 7.18. The van der Waals surface area contributed by atoms with Crippen molar-refractivity contribution in [1.29, 1.82) is 0 Å². The van der Waals surface area contributed by atoms with E-state index < -0.39 is 10.0 Å². The standard InChI is InChI=1S/C21H27N3O3S/c1-17-7-6-14-22-21(17)23-20(25)13-10-18-8-11-19(12-9-18)28(26,27)24-15-4-2-3-5-16-24/h6-9,11-12,14H,2-5,10,13,15-16H2,1H3,(H,22,23,25). The largest absolute Gasteiger partial charge is 0.310 e. The van der Waals surface area contributed by atoms with Gasteiger partial charge in [-0.15, -0.1) is 0 Å². The van der Waals surface area contributed by atoms with Crippen LogP contribution in [0.4, 0.5) is 5.82 Å². The molecular formula is C21H27N3O3S. The Labute approximate surface area is 167 Å². The Morgan fingerprint density at radius 2 is 1.75 bits per heavy atom. The third kappa shape index (κ3) is 5.17. The lowest BCUT2D eigenvalue weighted by Gasteiger charge is -2.20. The number of aromatic nitrogens is 1. The van der Waals surface area contributed by atoms with Crippen LogP contribution in [0, 0.1) is 6.92 Å². The molecule has 6 nitrogen and oxygen atoms in total. The lowest BCUT2D eigenvalue weighted by atomic mass is 10.1. The zero-order chi connectivity index (χ0) is 20.0. The lowest BCUT2D eigenvalue weighted by Crippen LogP contribution is -2.31. The molecule has 0 atom stereocenters. The zero-order valence-corrected chi connectivity index (χ0v) is 17.0. The molecule has 2 heterocycles. The van der Waals surface area contributed by atoms with Crippen LogP contribution >= 0.6 is 0 Å². The Morgan fingerprint density at radius 3 is 2.39 bits per heavy atom. The monoisotopic (exact) mass is 401 g/mol. The van der Waals surface area contributed by atoms with E-state index in [0.717, 1.165) is 36.8 Å². The summed E-state index contributed by atoms with van der Waals surface area (Å²) in [7, 11) is -3.43. The molecule has 28 heavy (non-hydrogen) atoms. The Kier molecular flexibility index (Phi) is 6.80. The summed E-state index contributed by atoms with van der Waals surface area (Å²) >= 11 is 0. The molecule has 1 aliphatic heterocycles. The Hall–Kier alpha value is -2.25. The third-order valence-corrected chi connectivity index (χ3v) is 6.95. The lowest BCUT2D eigenvalue weighted by molar-refractivity contribution is -0.116. The maximum absolute atomic E-state index is 12.8. The van der Waals surface area contributed by atoms with E-state index >= 15 is 0 Å². The van der Waals surface area contributed by atoms with Crippen LogP contribution in [0.1, 0.15) is 43.2 Å². The number of benzene rings is 1. The zero-order valence-electron chi connectivity index (χ0n) is 16.2. The molecule has 1 N–H and O–H groups in total. The van der Waals surface area contributed by atoms with Crippen molar-refractivity contribution in [3.8, 4) is 0 Å². The van der Waals surface area contributed by atoms with Gasteiger partial charge in [-0.25, -0.2) is 13.4 Å². The van der Waals surface area contributed by atoms with Crippen molar-refractivity contribution in [3.05, 3.63) is 53.7 Å². The summed E-state index contributed by atoms with van der Waals surface area (Å²) in [6.07, 6.45) is 6.52. The molecule has 0 aliphatic carbocycles. The predicted octanol–water partition coefficient (Wildman–Crippen LogP) is 3.53. The van der Waals surface area contributed by atoms with E-state index in [1.807, 2.05) is 19.1 Å². The molecule has 1 aliphatic rings. The highest BCUT2D eigenvalue weighted by atomic mass is 32.2. The first-order valence-corrected chi connectivity index (χ1v) is 11.2. The van der Waals surface area contributed by atoms with Crippen LogP contribution in [0.5, 0.6) is 0 Å². The minimum Gasteiger partial charge on any atom is -0.310 e. The second kappa shape index (κ2) is 9.30. The van der Waals surface area contributed by atoms with Crippen LogP contribution in [0.15, 0.2) is 47.5 Å². The second-order valence-corrected chi connectivity index (χ2v) is 9.12. The molecule has 0 spiro atoms. The topological polar surface area (TPSA) is 79.4 Å². The van der Waals surface area contributed by atoms with Gasteiger partial charge in [-0.2, -0.15) is 4.31 Å². The van der Waals surface area contributed by atoms with Crippen LogP contribution in [-0.2, 0) is 21.2 Å². The molecule has 2 aromatic rings. The highest BCUT2D eigenvalue weighted by Crippen LogP contribution is 2.21. The van der Waals surface area contributed by atoms with Crippen molar-refractivity contribution >= 4 is 21.7 Å². The highest BCUT2D eigenvalue weighted by molar-refractivity contribution is 7.89. The van der Waals surface area contributed by atoms with Crippen LogP contribution in [0.2, 0.25) is 0 Å². The highest BCUT2D eigenvalue weighted by Gasteiger charge is 2.24. The van der Waals surface area contributed by atoms with Crippen molar-refractivity contribution in [3.63, 3.8) is 0 Å². The smallest absolute Gasteiger partial charge is 0.243 e. The number of nitrogens with one attached hydrogen (secondary N) is 1. The first-order chi connectivity index (χ1) is 13.5. The molecule has 1 fully saturated rings. The third-order valence-electron chi connectivity index (χ3n) is 5.03. The molecule has 1 saturated heterocycles. The molecule has 150 valence electrons. The van der Waals surface area contributed by atoms with Gasteiger partial charge in [0, 0.05) is 25.7 Å². The Morgan fingerprint density at radius 1 is 1.07 bits per heavy atom. The number of nitrogens with zero attached hydrogens (tertiary/aromatic N) is 2. The van der Waals surface area contributed by atoms with Gasteiger partial charge in [-0.1, -0.05) is 31.0 Å². The minimum absolute atomic E-state index is 0.108. The number of pyridine rings is 1. The maximum Gasteiger partial charge on any atom is 0.243 e. The van der Waals surface area contributed by atoms with Gasteiger partial charge in [0.25, 0.3) is 0 Å². The van der Waals surface area contributed by atoms with Gasteiger partial charge in [-0.3, -0.25) is 4.79 Å². The first kappa shape index (κ1) is 20.5. The number of anilines is 1. The number of sulfonamides is 1. The molecule has 0 saturated carbocycles. The molecule has 1 aromatic carbocycles. The summed E-state index contributed by atoms with van der Waals surface area (Å²) in [5.41, 5.74) is 1.85. The summed E-state index contributed by atoms with van der Waals surface area (Å²) in [5.74, 6) is 0.467. The van der Waals surface area contributed by atoms with Crippen LogP contribution < -0.4 is 5.32 Å². The van der Waals surface area contributed by atoms with E-state index in [1.165, 1.54) is 0 Å². The molecular weight excluding hydrogens is 374 g/mol. The summed E-state index contributed by atoms with van der Waals surface area (Å²) in [6, 6.07) is 10.6. The Bertz CT molecular complexity index is 903. The first-order valence-electron chi connectivity index (χ1n) is 9.77. The van der Waals surface area contributed by atoms with E-state index in [0.29, 0.717) is 36.6 Å². The van der Waals surface area contributed by atoms with Crippen LogP contribution in [0.3, 0.4) is 0 Å². The van der Waals surface area contributed by atoms with Gasteiger partial charge >= 0.3 is 0 Å². The van der Waals surface area contributed by atoms with E-state index in [9.17, 15) is 13.2 Å². The summed E-state index contributed by atoms with van der Waals surface area (Å²) in [5, 5.41) is 2.81. The molecule has 1 amide bonds. The van der Waals surface area contributed by atoms with E-state index in [4.69, 9.17) is 0 Å². The fourth-order valence-electron chi connectivity index (χ4n) is 3.33. The average Bonchev–Trinajstić information content (AvgIpc) is 2.99. The maximum atomic E-state index is 12.8. The van der Waals surface area contributed by atoms with Crippen molar-refractivity contribution in [2.24, 2.45) is 0 Å². The number of aryl methyl sites for hydroxylation is 2. The van der Waals surface area contributed by atoms with Crippen LogP contribution in [-0.4, -0.2) is 36.7 Å².